The van der Waals surface area contributed by atoms with Crippen molar-refractivity contribution >= 4 is 5.91 Å². The summed E-state index contributed by atoms with van der Waals surface area (Å²) < 4.78 is 5.81. The number of amides is 1. The number of rotatable bonds is 6. The molecule has 4 rings (SSSR count). The SMILES string of the molecule is CN(C)C1(CNC(=O)[C@@H]2CN(Cc3ccccc3)CCO2)Cc2ccccc2C1. The summed E-state index contributed by atoms with van der Waals surface area (Å²) in [4.78, 5) is 17.5. The topological polar surface area (TPSA) is 44.8 Å². The summed E-state index contributed by atoms with van der Waals surface area (Å²) in [5, 5.41) is 3.20. The minimum atomic E-state index is -0.407. The normalized spacial score (nSPS) is 21.1. The summed E-state index contributed by atoms with van der Waals surface area (Å²) in [6.45, 7) is 3.57. The Morgan fingerprint density at radius 1 is 1.10 bits per heavy atom. The van der Waals surface area contributed by atoms with Gasteiger partial charge in [0.15, 0.2) is 0 Å². The van der Waals surface area contributed by atoms with Gasteiger partial charge in [-0.05, 0) is 43.6 Å². The van der Waals surface area contributed by atoms with Crippen molar-refractivity contribution in [1.29, 1.82) is 0 Å². The molecule has 0 radical (unpaired) electrons. The highest BCUT2D eigenvalue weighted by Crippen LogP contribution is 2.33. The van der Waals surface area contributed by atoms with E-state index in [0.717, 1.165) is 25.9 Å². The van der Waals surface area contributed by atoms with Gasteiger partial charge < -0.3 is 15.0 Å². The molecule has 1 saturated heterocycles. The molecule has 0 bridgehead atoms. The molecule has 0 saturated carbocycles. The number of hydrogen-bond donors (Lipinski definition) is 1. The third kappa shape index (κ3) is 4.53. The molecule has 29 heavy (non-hydrogen) atoms. The molecular weight excluding hydrogens is 362 g/mol. The molecule has 2 aromatic rings. The molecule has 0 aromatic heterocycles. The van der Waals surface area contributed by atoms with Crippen LogP contribution in [0.4, 0.5) is 0 Å². The highest BCUT2D eigenvalue weighted by molar-refractivity contribution is 5.81. The maximum atomic E-state index is 12.9. The summed E-state index contributed by atoms with van der Waals surface area (Å²) in [6, 6.07) is 19.0. The van der Waals surface area contributed by atoms with Crippen LogP contribution < -0.4 is 5.32 Å². The van der Waals surface area contributed by atoms with Crippen LogP contribution in [0.2, 0.25) is 0 Å². The van der Waals surface area contributed by atoms with E-state index >= 15 is 0 Å². The number of carbonyl (C=O) groups excluding carboxylic acids is 1. The molecule has 1 aliphatic carbocycles. The second kappa shape index (κ2) is 8.66. The minimum absolute atomic E-state index is 0.0000530. The first-order valence-electron chi connectivity index (χ1n) is 10.5. The fraction of sp³-hybridized carbons (Fsp3) is 0.458. The molecule has 2 aliphatic rings. The molecule has 154 valence electrons. The van der Waals surface area contributed by atoms with Gasteiger partial charge in [-0.1, -0.05) is 54.6 Å². The number of likely N-dealkylation sites (N-methyl/N-ethyl adjacent to an activating group) is 1. The Hall–Kier alpha value is -2.21. The summed E-state index contributed by atoms with van der Waals surface area (Å²) >= 11 is 0. The van der Waals surface area contributed by atoms with Crippen molar-refractivity contribution in [3.8, 4) is 0 Å². The maximum Gasteiger partial charge on any atom is 0.250 e. The number of morpholine rings is 1. The first-order chi connectivity index (χ1) is 14.1. The first kappa shape index (κ1) is 20.1. The smallest absolute Gasteiger partial charge is 0.250 e. The van der Waals surface area contributed by atoms with Crippen molar-refractivity contribution in [2.45, 2.75) is 31.0 Å². The zero-order valence-electron chi connectivity index (χ0n) is 17.4. The number of carbonyl (C=O) groups is 1. The Morgan fingerprint density at radius 2 is 1.76 bits per heavy atom. The zero-order valence-corrected chi connectivity index (χ0v) is 17.4. The summed E-state index contributed by atoms with van der Waals surface area (Å²) in [6.07, 6.45) is 1.51. The van der Waals surface area contributed by atoms with Crippen LogP contribution in [0.1, 0.15) is 16.7 Å². The largest absolute Gasteiger partial charge is 0.366 e. The highest BCUT2D eigenvalue weighted by atomic mass is 16.5. The lowest BCUT2D eigenvalue weighted by molar-refractivity contribution is -0.139. The monoisotopic (exact) mass is 393 g/mol. The van der Waals surface area contributed by atoms with Gasteiger partial charge in [0, 0.05) is 31.7 Å². The summed E-state index contributed by atoms with van der Waals surface area (Å²) in [5.74, 6) is -0.0000530. The van der Waals surface area contributed by atoms with Crippen molar-refractivity contribution in [3.63, 3.8) is 0 Å². The summed E-state index contributed by atoms with van der Waals surface area (Å²) in [7, 11) is 4.22. The van der Waals surface area contributed by atoms with Gasteiger partial charge in [-0.2, -0.15) is 0 Å². The zero-order chi connectivity index (χ0) is 20.3. The van der Waals surface area contributed by atoms with E-state index in [1.54, 1.807) is 0 Å². The van der Waals surface area contributed by atoms with Crippen LogP contribution in [0.15, 0.2) is 54.6 Å². The molecule has 0 unspecified atom stereocenters. The Balaban J connectivity index is 1.35. The van der Waals surface area contributed by atoms with Crippen LogP contribution in [0.25, 0.3) is 0 Å². The number of nitrogens with zero attached hydrogens (tertiary/aromatic N) is 2. The van der Waals surface area contributed by atoms with E-state index in [2.05, 4.69) is 77.7 Å². The van der Waals surface area contributed by atoms with Crippen molar-refractivity contribution in [3.05, 3.63) is 71.3 Å². The van der Waals surface area contributed by atoms with Crippen LogP contribution in [0.5, 0.6) is 0 Å². The summed E-state index contributed by atoms with van der Waals surface area (Å²) in [5.41, 5.74) is 3.97. The Bertz CT molecular complexity index is 812. The lowest BCUT2D eigenvalue weighted by Crippen LogP contribution is -2.56. The quantitative estimate of drug-likeness (QED) is 0.817. The maximum absolute atomic E-state index is 12.9. The van der Waals surface area contributed by atoms with Crippen molar-refractivity contribution in [2.75, 3.05) is 40.3 Å². The van der Waals surface area contributed by atoms with Crippen molar-refractivity contribution in [2.24, 2.45) is 0 Å². The molecule has 1 aliphatic heterocycles. The Labute approximate surface area is 173 Å². The standard InChI is InChI=1S/C24H31N3O2/c1-26(2)24(14-20-10-6-7-11-21(20)15-24)18-25-23(28)22-17-27(12-13-29-22)16-19-8-4-3-5-9-19/h3-11,22H,12-18H2,1-2H3,(H,25,28)/t22-/m0/s1. The van der Waals surface area contributed by atoms with Crippen LogP contribution in [-0.4, -0.2) is 67.7 Å². The fourth-order valence-corrected chi connectivity index (χ4v) is 4.49. The van der Waals surface area contributed by atoms with E-state index < -0.39 is 6.10 Å². The lowest BCUT2D eigenvalue weighted by atomic mass is 9.94. The third-order valence-corrected chi connectivity index (χ3v) is 6.39. The molecule has 1 amide bonds. The van der Waals surface area contributed by atoms with E-state index in [1.165, 1.54) is 16.7 Å². The number of ether oxygens (including phenoxy) is 1. The van der Waals surface area contributed by atoms with E-state index in [9.17, 15) is 4.79 Å². The van der Waals surface area contributed by atoms with Gasteiger partial charge in [-0.3, -0.25) is 9.69 Å². The minimum Gasteiger partial charge on any atom is -0.366 e. The highest BCUT2D eigenvalue weighted by Gasteiger charge is 2.40. The van der Waals surface area contributed by atoms with Crippen LogP contribution >= 0.6 is 0 Å². The number of nitrogens with one attached hydrogen (secondary N) is 1. The van der Waals surface area contributed by atoms with E-state index in [4.69, 9.17) is 4.74 Å². The fourth-order valence-electron chi connectivity index (χ4n) is 4.49. The molecule has 5 heteroatoms. The third-order valence-electron chi connectivity index (χ3n) is 6.39. The van der Waals surface area contributed by atoms with Crippen LogP contribution in [0, 0.1) is 0 Å². The van der Waals surface area contributed by atoms with Gasteiger partial charge in [0.25, 0.3) is 5.91 Å². The molecule has 0 spiro atoms. The number of benzene rings is 2. The molecular formula is C24H31N3O2. The van der Waals surface area contributed by atoms with Gasteiger partial charge in [-0.15, -0.1) is 0 Å². The van der Waals surface area contributed by atoms with Crippen LogP contribution in [0.3, 0.4) is 0 Å². The van der Waals surface area contributed by atoms with Crippen molar-refractivity contribution < 1.29 is 9.53 Å². The number of fused-ring (bicyclic) bond motifs is 1. The Morgan fingerprint density at radius 3 is 2.41 bits per heavy atom. The van der Waals surface area contributed by atoms with E-state index in [1.807, 2.05) is 6.07 Å². The molecule has 1 fully saturated rings. The molecule has 1 heterocycles. The predicted octanol–water partition coefficient (Wildman–Crippen LogP) is 2.10. The van der Waals surface area contributed by atoms with Gasteiger partial charge in [-0.25, -0.2) is 0 Å². The molecule has 5 nitrogen and oxygen atoms in total. The molecule has 1 atom stereocenters. The molecule has 1 N–H and O–H groups in total. The second-order valence-electron chi connectivity index (χ2n) is 8.54. The van der Waals surface area contributed by atoms with Crippen LogP contribution in [-0.2, 0) is 28.9 Å². The number of hydrogen-bond acceptors (Lipinski definition) is 4. The average molecular weight is 394 g/mol. The average Bonchev–Trinajstić information content (AvgIpc) is 3.13. The second-order valence-corrected chi connectivity index (χ2v) is 8.54. The van der Waals surface area contributed by atoms with Gasteiger partial charge in [0.2, 0.25) is 0 Å². The van der Waals surface area contributed by atoms with E-state index in [-0.39, 0.29) is 11.4 Å². The van der Waals surface area contributed by atoms with Gasteiger partial charge in [0.1, 0.15) is 6.10 Å². The molecule has 2 aromatic carbocycles. The van der Waals surface area contributed by atoms with Crippen molar-refractivity contribution in [1.82, 2.24) is 15.1 Å². The van der Waals surface area contributed by atoms with Gasteiger partial charge >= 0.3 is 0 Å². The van der Waals surface area contributed by atoms with E-state index in [0.29, 0.717) is 19.7 Å². The Kier molecular flexibility index (Phi) is 5.99. The predicted molar refractivity (Wildman–Crippen MR) is 115 cm³/mol. The van der Waals surface area contributed by atoms with Gasteiger partial charge in [0.05, 0.1) is 6.61 Å². The first-order valence-corrected chi connectivity index (χ1v) is 10.5. The lowest BCUT2D eigenvalue weighted by Gasteiger charge is -2.38.